The van der Waals surface area contributed by atoms with Crippen LogP contribution >= 0.6 is 0 Å². The molecule has 2 aromatic heterocycles. The molecule has 0 aliphatic rings. The SMILES string of the molecule is CCn1ncc(CNc2cnn(C)c2)c1C. The summed E-state index contributed by atoms with van der Waals surface area (Å²) in [5, 5.41) is 11.7. The topological polar surface area (TPSA) is 47.7 Å². The quantitative estimate of drug-likeness (QED) is 0.848. The lowest BCUT2D eigenvalue weighted by Gasteiger charge is -2.03. The molecule has 0 amide bonds. The van der Waals surface area contributed by atoms with Crippen LogP contribution in [0.4, 0.5) is 5.69 Å². The van der Waals surface area contributed by atoms with E-state index in [0.29, 0.717) is 0 Å². The summed E-state index contributed by atoms with van der Waals surface area (Å²) in [5.41, 5.74) is 3.48. The van der Waals surface area contributed by atoms with Crippen molar-refractivity contribution in [2.24, 2.45) is 7.05 Å². The molecule has 5 heteroatoms. The van der Waals surface area contributed by atoms with Gasteiger partial charge < -0.3 is 5.32 Å². The molecule has 2 rings (SSSR count). The summed E-state index contributed by atoms with van der Waals surface area (Å²) >= 11 is 0. The summed E-state index contributed by atoms with van der Waals surface area (Å²) in [4.78, 5) is 0. The number of aromatic nitrogens is 4. The zero-order chi connectivity index (χ0) is 11.5. The molecule has 0 fully saturated rings. The van der Waals surface area contributed by atoms with Crippen LogP contribution in [0.25, 0.3) is 0 Å². The average Bonchev–Trinajstić information content (AvgIpc) is 2.83. The van der Waals surface area contributed by atoms with E-state index in [1.54, 1.807) is 4.68 Å². The van der Waals surface area contributed by atoms with Gasteiger partial charge in [0.2, 0.25) is 0 Å². The normalized spacial score (nSPS) is 10.7. The Labute approximate surface area is 95.1 Å². The number of hydrogen-bond acceptors (Lipinski definition) is 3. The van der Waals surface area contributed by atoms with Crippen LogP contribution in [0.1, 0.15) is 18.2 Å². The van der Waals surface area contributed by atoms with Crippen LogP contribution in [-0.2, 0) is 20.1 Å². The minimum atomic E-state index is 0.789. The molecule has 0 saturated heterocycles. The van der Waals surface area contributed by atoms with Crippen molar-refractivity contribution in [3.05, 3.63) is 29.8 Å². The Balaban J connectivity index is 2.02. The molecule has 86 valence electrons. The molecule has 2 heterocycles. The Kier molecular flexibility index (Phi) is 2.94. The van der Waals surface area contributed by atoms with Gasteiger partial charge in [-0.3, -0.25) is 9.36 Å². The van der Waals surface area contributed by atoms with Gasteiger partial charge >= 0.3 is 0 Å². The minimum Gasteiger partial charge on any atom is -0.378 e. The van der Waals surface area contributed by atoms with Crippen LogP contribution in [-0.4, -0.2) is 19.6 Å². The zero-order valence-corrected chi connectivity index (χ0v) is 9.94. The standard InChI is InChI=1S/C11H17N5/c1-4-16-9(2)10(6-14-16)5-12-11-7-13-15(3)8-11/h6-8,12H,4-5H2,1-3H3. The van der Waals surface area contributed by atoms with Gasteiger partial charge in [-0.15, -0.1) is 0 Å². The number of nitrogens with one attached hydrogen (secondary N) is 1. The molecule has 1 N–H and O–H groups in total. The van der Waals surface area contributed by atoms with Crippen molar-refractivity contribution in [1.29, 1.82) is 0 Å². The summed E-state index contributed by atoms with van der Waals surface area (Å²) in [6, 6.07) is 0. The Morgan fingerprint density at radius 2 is 2.12 bits per heavy atom. The van der Waals surface area contributed by atoms with Crippen molar-refractivity contribution in [2.75, 3.05) is 5.32 Å². The van der Waals surface area contributed by atoms with E-state index >= 15 is 0 Å². The molecule has 0 aromatic carbocycles. The summed E-state index contributed by atoms with van der Waals surface area (Å²) in [5.74, 6) is 0. The number of aryl methyl sites for hydroxylation is 2. The lowest BCUT2D eigenvalue weighted by atomic mass is 10.2. The Bertz CT molecular complexity index is 468. The van der Waals surface area contributed by atoms with Crippen molar-refractivity contribution in [2.45, 2.75) is 26.9 Å². The molecule has 2 aromatic rings. The number of hydrogen-bond donors (Lipinski definition) is 1. The molecule has 5 nitrogen and oxygen atoms in total. The van der Waals surface area contributed by atoms with Crippen LogP contribution in [0.3, 0.4) is 0 Å². The van der Waals surface area contributed by atoms with E-state index < -0.39 is 0 Å². The summed E-state index contributed by atoms with van der Waals surface area (Å²) in [7, 11) is 1.91. The van der Waals surface area contributed by atoms with E-state index in [4.69, 9.17) is 0 Å². The first-order valence-corrected chi connectivity index (χ1v) is 5.44. The molecule has 16 heavy (non-hydrogen) atoms. The molecular formula is C11H17N5. The second kappa shape index (κ2) is 4.38. The Morgan fingerprint density at radius 1 is 1.31 bits per heavy atom. The fraction of sp³-hybridized carbons (Fsp3) is 0.455. The van der Waals surface area contributed by atoms with Gasteiger partial charge in [-0.2, -0.15) is 10.2 Å². The molecule has 0 saturated carbocycles. The monoisotopic (exact) mass is 219 g/mol. The maximum Gasteiger partial charge on any atom is 0.0729 e. The molecule has 0 spiro atoms. The highest BCUT2D eigenvalue weighted by molar-refractivity contribution is 5.39. The average molecular weight is 219 g/mol. The number of nitrogens with zero attached hydrogens (tertiary/aromatic N) is 4. The lowest BCUT2D eigenvalue weighted by molar-refractivity contribution is 0.638. The summed E-state index contributed by atoms with van der Waals surface area (Å²) < 4.78 is 3.78. The predicted molar refractivity (Wildman–Crippen MR) is 63.2 cm³/mol. The maximum atomic E-state index is 4.31. The first-order valence-electron chi connectivity index (χ1n) is 5.44. The Morgan fingerprint density at radius 3 is 2.69 bits per heavy atom. The van der Waals surface area contributed by atoms with E-state index in [1.165, 1.54) is 11.3 Å². The first-order chi connectivity index (χ1) is 7.70. The van der Waals surface area contributed by atoms with Crippen molar-refractivity contribution in [1.82, 2.24) is 19.6 Å². The third kappa shape index (κ3) is 2.08. The highest BCUT2D eigenvalue weighted by Gasteiger charge is 2.04. The molecule has 0 radical (unpaired) electrons. The van der Waals surface area contributed by atoms with Gasteiger partial charge in [0.15, 0.2) is 0 Å². The highest BCUT2D eigenvalue weighted by Crippen LogP contribution is 2.10. The number of rotatable bonds is 4. The van der Waals surface area contributed by atoms with E-state index in [-0.39, 0.29) is 0 Å². The fourth-order valence-corrected chi connectivity index (χ4v) is 1.69. The van der Waals surface area contributed by atoms with Gasteiger partial charge in [0.25, 0.3) is 0 Å². The summed E-state index contributed by atoms with van der Waals surface area (Å²) in [6.07, 6.45) is 5.70. The van der Waals surface area contributed by atoms with Crippen molar-refractivity contribution < 1.29 is 0 Å². The molecule has 0 aliphatic heterocycles. The molecular weight excluding hydrogens is 202 g/mol. The number of anilines is 1. The first kappa shape index (κ1) is 10.7. The molecule has 0 unspecified atom stereocenters. The van der Waals surface area contributed by atoms with Crippen LogP contribution in [0.5, 0.6) is 0 Å². The van der Waals surface area contributed by atoms with Crippen LogP contribution in [0, 0.1) is 6.92 Å². The second-order valence-corrected chi connectivity index (χ2v) is 3.83. The van der Waals surface area contributed by atoms with E-state index in [1.807, 2.05) is 30.3 Å². The van der Waals surface area contributed by atoms with Crippen LogP contribution in [0.15, 0.2) is 18.6 Å². The third-order valence-corrected chi connectivity index (χ3v) is 2.69. The molecule has 0 atom stereocenters. The smallest absolute Gasteiger partial charge is 0.0729 e. The third-order valence-electron chi connectivity index (χ3n) is 2.69. The lowest BCUT2D eigenvalue weighted by Crippen LogP contribution is -2.02. The zero-order valence-electron chi connectivity index (χ0n) is 9.94. The van der Waals surface area contributed by atoms with Crippen molar-refractivity contribution in [3.63, 3.8) is 0 Å². The molecule has 0 bridgehead atoms. The largest absolute Gasteiger partial charge is 0.378 e. The molecule has 0 aliphatic carbocycles. The van der Waals surface area contributed by atoms with Gasteiger partial charge in [-0.25, -0.2) is 0 Å². The summed E-state index contributed by atoms with van der Waals surface area (Å²) in [6.45, 7) is 5.89. The maximum absolute atomic E-state index is 4.31. The van der Waals surface area contributed by atoms with Gasteiger partial charge in [0.05, 0.1) is 18.1 Å². The van der Waals surface area contributed by atoms with Crippen LogP contribution in [0.2, 0.25) is 0 Å². The van der Waals surface area contributed by atoms with E-state index in [2.05, 4.69) is 29.4 Å². The minimum absolute atomic E-state index is 0.789. The van der Waals surface area contributed by atoms with Crippen molar-refractivity contribution in [3.8, 4) is 0 Å². The van der Waals surface area contributed by atoms with Crippen molar-refractivity contribution >= 4 is 5.69 Å². The van der Waals surface area contributed by atoms with E-state index in [0.717, 1.165) is 18.8 Å². The Hall–Kier alpha value is -1.78. The highest BCUT2D eigenvalue weighted by atomic mass is 15.3. The van der Waals surface area contributed by atoms with Gasteiger partial charge in [-0.1, -0.05) is 0 Å². The second-order valence-electron chi connectivity index (χ2n) is 3.83. The fourth-order valence-electron chi connectivity index (χ4n) is 1.69. The van der Waals surface area contributed by atoms with Gasteiger partial charge in [0, 0.05) is 37.6 Å². The predicted octanol–water partition coefficient (Wildman–Crippen LogP) is 1.56. The van der Waals surface area contributed by atoms with Gasteiger partial charge in [-0.05, 0) is 13.8 Å². The van der Waals surface area contributed by atoms with E-state index in [9.17, 15) is 0 Å². The van der Waals surface area contributed by atoms with Crippen LogP contribution < -0.4 is 5.32 Å². The van der Waals surface area contributed by atoms with Gasteiger partial charge in [0.1, 0.15) is 0 Å².